The van der Waals surface area contributed by atoms with Crippen molar-refractivity contribution >= 4 is 5.78 Å². The molecule has 5 heteroatoms. The van der Waals surface area contributed by atoms with E-state index in [9.17, 15) is 20.1 Å². The van der Waals surface area contributed by atoms with Crippen molar-refractivity contribution in [2.75, 3.05) is 0 Å². The lowest BCUT2D eigenvalue weighted by Crippen LogP contribution is -2.20. The van der Waals surface area contributed by atoms with E-state index < -0.39 is 23.4 Å². The Morgan fingerprint density at radius 3 is 2.45 bits per heavy atom. The number of hydrogen-bond donors (Lipinski definition) is 3. The number of fused-ring (bicyclic) bond motifs is 1. The van der Waals surface area contributed by atoms with E-state index in [0.29, 0.717) is 0 Å². The summed E-state index contributed by atoms with van der Waals surface area (Å²) >= 11 is 0. The van der Waals surface area contributed by atoms with Crippen molar-refractivity contribution in [1.82, 2.24) is 0 Å². The lowest BCUT2D eigenvalue weighted by Gasteiger charge is -2.26. The zero-order valence-corrected chi connectivity index (χ0v) is 10.4. The molecule has 3 rings (SSSR count). The van der Waals surface area contributed by atoms with E-state index in [-0.39, 0.29) is 23.5 Å². The first-order valence-corrected chi connectivity index (χ1v) is 6.10. The predicted octanol–water partition coefficient (Wildman–Crippen LogP) is 2.51. The van der Waals surface area contributed by atoms with Gasteiger partial charge in [-0.1, -0.05) is 30.3 Å². The van der Waals surface area contributed by atoms with Gasteiger partial charge >= 0.3 is 0 Å². The smallest absolute Gasteiger partial charge is 0.201 e. The number of carbonyl (C=O) groups is 1. The highest BCUT2D eigenvalue weighted by Crippen LogP contribution is 2.48. The van der Waals surface area contributed by atoms with E-state index in [1.807, 2.05) is 30.3 Å². The van der Waals surface area contributed by atoms with Gasteiger partial charge in [0.25, 0.3) is 0 Å². The van der Waals surface area contributed by atoms with Gasteiger partial charge in [0, 0.05) is 6.07 Å². The molecular formula is C15H12O5. The van der Waals surface area contributed by atoms with E-state index in [0.717, 1.165) is 11.6 Å². The lowest BCUT2D eigenvalue weighted by atomic mass is 9.95. The van der Waals surface area contributed by atoms with Gasteiger partial charge in [-0.2, -0.15) is 0 Å². The van der Waals surface area contributed by atoms with Crippen LogP contribution in [0.2, 0.25) is 0 Å². The molecule has 2 aromatic carbocycles. The van der Waals surface area contributed by atoms with Gasteiger partial charge in [-0.05, 0) is 5.56 Å². The summed E-state index contributed by atoms with van der Waals surface area (Å²) in [4.78, 5) is 12.1. The highest BCUT2D eigenvalue weighted by Gasteiger charge is 2.33. The number of rotatable bonds is 1. The first kappa shape index (κ1) is 12.3. The lowest BCUT2D eigenvalue weighted by molar-refractivity contribution is 0.0836. The van der Waals surface area contributed by atoms with E-state index in [1.165, 1.54) is 0 Å². The summed E-state index contributed by atoms with van der Waals surface area (Å²) in [6.07, 6.45) is -0.488. The first-order chi connectivity index (χ1) is 9.58. The number of ketones is 1. The van der Waals surface area contributed by atoms with E-state index >= 15 is 0 Å². The van der Waals surface area contributed by atoms with Gasteiger partial charge in [0.2, 0.25) is 5.75 Å². The third kappa shape index (κ3) is 1.84. The van der Waals surface area contributed by atoms with Crippen LogP contribution in [0, 0.1) is 0 Å². The summed E-state index contributed by atoms with van der Waals surface area (Å²) in [6, 6.07) is 10.0. The first-order valence-electron chi connectivity index (χ1n) is 6.10. The summed E-state index contributed by atoms with van der Waals surface area (Å²) in [5, 5.41) is 29.0. The molecule has 0 saturated heterocycles. The SMILES string of the molecule is O=C1C[C@@H](c2ccccc2)Oc2c(O)c(O)cc(O)c21. The molecule has 1 atom stereocenters. The molecule has 0 saturated carbocycles. The van der Waals surface area contributed by atoms with Crippen LogP contribution in [0.5, 0.6) is 23.0 Å². The van der Waals surface area contributed by atoms with Crippen LogP contribution in [0.15, 0.2) is 36.4 Å². The molecule has 0 radical (unpaired) electrons. The van der Waals surface area contributed by atoms with Crippen molar-refractivity contribution in [2.45, 2.75) is 12.5 Å². The quantitative estimate of drug-likeness (QED) is 0.548. The van der Waals surface area contributed by atoms with E-state index in [1.54, 1.807) is 0 Å². The van der Waals surface area contributed by atoms with Crippen molar-refractivity contribution < 1.29 is 24.9 Å². The van der Waals surface area contributed by atoms with Crippen LogP contribution in [-0.4, -0.2) is 21.1 Å². The number of phenols is 3. The third-order valence-corrected chi connectivity index (χ3v) is 3.30. The van der Waals surface area contributed by atoms with Gasteiger partial charge in [-0.15, -0.1) is 0 Å². The Kier molecular flexibility index (Phi) is 2.75. The maximum Gasteiger partial charge on any atom is 0.201 e. The summed E-state index contributed by atoms with van der Waals surface area (Å²) in [5.74, 6) is -1.97. The average Bonchev–Trinajstić information content (AvgIpc) is 2.45. The summed E-state index contributed by atoms with van der Waals surface area (Å²) in [7, 11) is 0. The minimum Gasteiger partial charge on any atom is -0.507 e. The fourth-order valence-corrected chi connectivity index (χ4v) is 2.31. The van der Waals surface area contributed by atoms with Crippen LogP contribution in [0.25, 0.3) is 0 Å². The highest BCUT2D eigenvalue weighted by atomic mass is 16.5. The van der Waals surface area contributed by atoms with Crippen LogP contribution in [0.3, 0.4) is 0 Å². The Balaban J connectivity index is 2.09. The number of ether oxygens (including phenoxy) is 1. The van der Waals surface area contributed by atoms with Crippen LogP contribution in [-0.2, 0) is 0 Å². The van der Waals surface area contributed by atoms with Gasteiger partial charge < -0.3 is 20.1 Å². The molecule has 0 aliphatic carbocycles. The van der Waals surface area contributed by atoms with Crippen LogP contribution >= 0.6 is 0 Å². The minimum atomic E-state index is -0.553. The van der Waals surface area contributed by atoms with Crippen molar-refractivity contribution in [3.63, 3.8) is 0 Å². The monoisotopic (exact) mass is 272 g/mol. The number of phenolic OH excluding ortho intramolecular Hbond substituents is 3. The standard InChI is InChI=1S/C15H12O5/c16-9-6-11(18)14(19)15-13(9)10(17)7-12(20-15)8-4-2-1-3-5-8/h1-6,12,16,18-19H,7H2/t12-/m0/s1. The molecule has 1 aliphatic rings. The number of benzene rings is 2. The molecule has 0 bridgehead atoms. The van der Waals surface area contributed by atoms with Crippen molar-refractivity contribution in [1.29, 1.82) is 0 Å². The molecule has 0 unspecified atom stereocenters. The van der Waals surface area contributed by atoms with Crippen molar-refractivity contribution in [3.05, 3.63) is 47.5 Å². The Morgan fingerprint density at radius 2 is 1.75 bits per heavy atom. The fraction of sp³-hybridized carbons (Fsp3) is 0.133. The maximum absolute atomic E-state index is 12.1. The number of carbonyl (C=O) groups excluding carboxylic acids is 1. The highest BCUT2D eigenvalue weighted by molar-refractivity contribution is 6.03. The fourth-order valence-electron chi connectivity index (χ4n) is 2.31. The Hall–Kier alpha value is -2.69. The Bertz CT molecular complexity index is 678. The molecular weight excluding hydrogens is 260 g/mol. The molecule has 3 N–H and O–H groups in total. The predicted molar refractivity (Wildman–Crippen MR) is 70.2 cm³/mol. The molecule has 102 valence electrons. The summed E-state index contributed by atoms with van der Waals surface area (Å²) in [5.41, 5.74) is 0.696. The number of aromatic hydroxyl groups is 3. The normalized spacial score (nSPS) is 17.4. The Labute approximate surface area is 114 Å². The average molecular weight is 272 g/mol. The zero-order chi connectivity index (χ0) is 14.3. The van der Waals surface area contributed by atoms with Crippen LogP contribution < -0.4 is 4.74 Å². The number of Topliss-reactive ketones (excluding diaryl/α,β-unsaturated/α-hetero) is 1. The molecule has 0 amide bonds. The molecule has 0 aromatic heterocycles. The second-order valence-corrected chi connectivity index (χ2v) is 4.61. The van der Waals surface area contributed by atoms with Gasteiger partial charge in [0.15, 0.2) is 17.3 Å². The molecule has 2 aromatic rings. The third-order valence-electron chi connectivity index (χ3n) is 3.30. The van der Waals surface area contributed by atoms with Gasteiger partial charge in [0.1, 0.15) is 17.4 Å². The Morgan fingerprint density at radius 1 is 1.05 bits per heavy atom. The minimum absolute atomic E-state index is 0.0643. The van der Waals surface area contributed by atoms with Gasteiger partial charge in [-0.3, -0.25) is 4.79 Å². The summed E-state index contributed by atoms with van der Waals surface area (Å²) < 4.78 is 5.59. The van der Waals surface area contributed by atoms with E-state index in [2.05, 4.69) is 0 Å². The molecule has 5 nitrogen and oxygen atoms in total. The topological polar surface area (TPSA) is 87.0 Å². The zero-order valence-electron chi connectivity index (χ0n) is 10.4. The molecule has 1 heterocycles. The van der Waals surface area contributed by atoms with Gasteiger partial charge in [0.05, 0.1) is 6.42 Å². The molecule has 20 heavy (non-hydrogen) atoms. The van der Waals surface area contributed by atoms with Crippen molar-refractivity contribution in [2.24, 2.45) is 0 Å². The second kappa shape index (κ2) is 4.45. The van der Waals surface area contributed by atoms with Crippen LogP contribution in [0.4, 0.5) is 0 Å². The van der Waals surface area contributed by atoms with Crippen molar-refractivity contribution in [3.8, 4) is 23.0 Å². The molecule has 0 spiro atoms. The molecule has 1 aliphatic heterocycles. The largest absolute Gasteiger partial charge is 0.507 e. The number of hydrogen-bond acceptors (Lipinski definition) is 5. The van der Waals surface area contributed by atoms with Gasteiger partial charge in [-0.25, -0.2) is 0 Å². The second-order valence-electron chi connectivity index (χ2n) is 4.61. The van der Waals surface area contributed by atoms with E-state index in [4.69, 9.17) is 4.74 Å². The molecule has 0 fully saturated rings. The summed E-state index contributed by atoms with van der Waals surface area (Å²) in [6.45, 7) is 0. The van der Waals surface area contributed by atoms with Crippen LogP contribution in [0.1, 0.15) is 28.4 Å². The maximum atomic E-state index is 12.1.